The van der Waals surface area contributed by atoms with Crippen molar-refractivity contribution in [2.45, 2.75) is 6.54 Å². The average molecular weight is 282 g/mol. The summed E-state index contributed by atoms with van der Waals surface area (Å²) in [7, 11) is 3.33. The van der Waals surface area contributed by atoms with Crippen molar-refractivity contribution in [3.8, 4) is 0 Å². The fraction of sp³-hybridized carbons (Fsp3) is 0.538. The van der Waals surface area contributed by atoms with Crippen LogP contribution in [-0.2, 0) is 16.0 Å². The Hall–Kier alpha value is -1.70. The van der Waals surface area contributed by atoms with Crippen LogP contribution in [0.15, 0.2) is 23.5 Å². The summed E-state index contributed by atoms with van der Waals surface area (Å²) in [4.78, 5) is 6.32. The minimum Gasteiger partial charge on any atom is -0.409 e. The van der Waals surface area contributed by atoms with E-state index < -0.39 is 0 Å². The Morgan fingerprint density at radius 1 is 1.35 bits per heavy atom. The number of hydrogen-bond acceptors (Lipinski definition) is 6. The summed E-state index contributed by atoms with van der Waals surface area (Å²) in [5, 5.41) is 11.8. The maximum Gasteiger partial charge on any atom is 0.189 e. The molecule has 0 aromatic carbocycles. The molecule has 0 saturated heterocycles. The molecule has 7 nitrogen and oxygen atoms in total. The SMILES string of the molecule is COCCN(CCOC)Cc1cccnc1C(N)=NO. The van der Waals surface area contributed by atoms with Gasteiger partial charge in [-0.2, -0.15) is 0 Å². The van der Waals surface area contributed by atoms with Crippen molar-refractivity contribution in [1.29, 1.82) is 0 Å². The molecule has 7 heteroatoms. The van der Waals surface area contributed by atoms with Crippen LogP contribution in [0.4, 0.5) is 0 Å². The quantitative estimate of drug-likeness (QED) is 0.292. The molecule has 0 radical (unpaired) electrons. The van der Waals surface area contributed by atoms with Gasteiger partial charge in [0, 0.05) is 40.1 Å². The van der Waals surface area contributed by atoms with Crippen LogP contribution in [0, 0.1) is 0 Å². The Bertz CT molecular complexity index is 418. The predicted molar refractivity (Wildman–Crippen MR) is 75.8 cm³/mol. The summed E-state index contributed by atoms with van der Waals surface area (Å²) in [6.07, 6.45) is 1.62. The van der Waals surface area contributed by atoms with Crippen molar-refractivity contribution in [2.75, 3.05) is 40.5 Å². The maximum absolute atomic E-state index is 8.80. The summed E-state index contributed by atoms with van der Waals surface area (Å²) >= 11 is 0. The van der Waals surface area contributed by atoms with E-state index in [0.717, 1.165) is 18.7 Å². The van der Waals surface area contributed by atoms with Crippen LogP contribution in [-0.4, -0.2) is 61.4 Å². The molecule has 1 heterocycles. The van der Waals surface area contributed by atoms with E-state index in [1.165, 1.54) is 0 Å². The van der Waals surface area contributed by atoms with E-state index in [2.05, 4.69) is 15.0 Å². The highest BCUT2D eigenvalue weighted by atomic mass is 16.5. The first-order valence-electron chi connectivity index (χ1n) is 6.35. The normalized spacial score (nSPS) is 12.1. The van der Waals surface area contributed by atoms with Gasteiger partial charge in [0.1, 0.15) is 5.69 Å². The number of methoxy groups -OCH3 is 2. The van der Waals surface area contributed by atoms with E-state index in [9.17, 15) is 0 Å². The van der Waals surface area contributed by atoms with Crippen LogP contribution in [0.1, 0.15) is 11.3 Å². The fourth-order valence-electron chi connectivity index (χ4n) is 1.80. The standard InChI is InChI=1S/C13H22N4O3/c1-19-8-6-17(7-9-20-2)10-11-4-3-5-15-12(11)13(14)16-18/h3-5,18H,6-10H2,1-2H3,(H2,14,16). The second-order valence-electron chi connectivity index (χ2n) is 4.26. The fourth-order valence-corrected chi connectivity index (χ4v) is 1.80. The molecule has 1 aromatic heterocycles. The largest absolute Gasteiger partial charge is 0.409 e. The van der Waals surface area contributed by atoms with Gasteiger partial charge in [0.25, 0.3) is 0 Å². The highest BCUT2D eigenvalue weighted by Gasteiger charge is 2.12. The second-order valence-corrected chi connectivity index (χ2v) is 4.26. The summed E-state index contributed by atoms with van der Waals surface area (Å²) in [6.45, 7) is 3.42. The first kappa shape index (κ1) is 16.4. The molecule has 0 aliphatic heterocycles. The topological polar surface area (TPSA) is 93.2 Å². The van der Waals surface area contributed by atoms with Gasteiger partial charge in [-0.1, -0.05) is 11.2 Å². The molecular formula is C13H22N4O3. The zero-order valence-electron chi connectivity index (χ0n) is 12.0. The van der Waals surface area contributed by atoms with Crippen molar-refractivity contribution in [2.24, 2.45) is 10.9 Å². The molecule has 20 heavy (non-hydrogen) atoms. The van der Waals surface area contributed by atoms with Crippen molar-refractivity contribution in [3.05, 3.63) is 29.6 Å². The van der Waals surface area contributed by atoms with Gasteiger partial charge in [-0.05, 0) is 11.6 Å². The van der Waals surface area contributed by atoms with E-state index in [-0.39, 0.29) is 5.84 Å². The summed E-state index contributed by atoms with van der Waals surface area (Å²) in [5.41, 5.74) is 7.03. The Morgan fingerprint density at radius 3 is 2.55 bits per heavy atom. The number of hydrogen-bond donors (Lipinski definition) is 2. The molecule has 0 saturated carbocycles. The highest BCUT2D eigenvalue weighted by molar-refractivity contribution is 5.96. The number of pyridine rings is 1. The molecule has 0 aliphatic rings. The number of rotatable bonds is 9. The van der Waals surface area contributed by atoms with Crippen LogP contribution in [0.5, 0.6) is 0 Å². The van der Waals surface area contributed by atoms with Crippen molar-refractivity contribution in [1.82, 2.24) is 9.88 Å². The van der Waals surface area contributed by atoms with Crippen LogP contribution in [0.25, 0.3) is 0 Å². The number of aromatic nitrogens is 1. The summed E-state index contributed by atoms with van der Waals surface area (Å²) in [5.74, 6) is 0.0130. The first-order valence-corrected chi connectivity index (χ1v) is 6.35. The molecule has 0 atom stereocenters. The van der Waals surface area contributed by atoms with E-state index in [1.807, 2.05) is 12.1 Å². The zero-order valence-corrected chi connectivity index (χ0v) is 12.0. The molecule has 0 amide bonds. The number of nitrogens with two attached hydrogens (primary N) is 1. The number of ether oxygens (including phenoxy) is 2. The Morgan fingerprint density at radius 2 is 2.00 bits per heavy atom. The van der Waals surface area contributed by atoms with Gasteiger partial charge >= 0.3 is 0 Å². The van der Waals surface area contributed by atoms with Crippen LogP contribution >= 0.6 is 0 Å². The maximum atomic E-state index is 8.80. The number of nitrogens with zero attached hydrogens (tertiary/aromatic N) is 3. The highest BCUT2D eigenvalue weighted by Crippen LogP contribution is 2.09. The molecule has 3 N–H and O–H groups in total. The van der Waals surface area contributed by atoms with E-state index in [0.29, 0.717) is 25.5 Å². The third kappa shape index (κ3) is 5.12. The number of oxime groups is 1. The second kappa shape index (κ2) is 9.24. The molecule has 0 unspecified atom stereocenters. The molecule has 1 aromatic rings. The van der Waals surface area contributed by atoms with E-state index >= 15 is 0 Å². The van der Waals surface area contributed by atoms with Gasteiger partial charge in [-0.15, -0.1) is 0 Å². The molecule has 0 spiro atoms. The van der Waals surface area contributed by atoms with Gasteiger partial charge in [-0.3, -0.25) is 9.88 Å². The Labute approximate surface area is 119 Å². The first-order chi connectivity index (χ1) is 9.72. The van der Waals surface area contributed by atoms with Gasteiger partial charge in [0.2, 0.25) is 0 Å². The third-order valence-corrected chi connectivity index (χ3v) is 2.86. The lowest BCUT2D eigenvalue weighted by Gasteiger charge is -2.22. The minimum absolute atomic E-state index is 0.0130. The van der Waals surface area contributed by atoms with Gasteiger partial charge < -0.3 is 20.4 Å². The summed E-state index contributed by atoms with van der Waals surface area (Å²) < 4.78 is 10.2. The molecule has 1 rings (SSSR count). The molecular weight excluding hydrogens is 260 g/mol. The van der Waals surface area contributed by atoms with E-state index in [1.54, 1.807) is 20.4 Å². The van der Waals surface area contributed by atoms with Gasteiger partial charge in [-0.25, -0.2) is 0 Å². The van der Waals surface area contributed by atoms with Crippen LogP contribution in [0.2, 0.25) is 0 Å². The lowest BCUT2D eigenvalue weighted by atomic mass is 10.1. The average Bonchev–Trinajstić information content (AvgIpc) is 2.49. The van der Waals surface area contributed by atoms with Crippen molar-refractivity contribution >= 4 is 5.84 Å². The van der Waals surface area contributed by atoms with Gasteiger partial charge in [0.05, 0.1) is 13.2 Å². The number of amidine groups is 1. The van der Waals surface area contributed by atoms with Crippen molar-refractivity contribution < 1.29 is 14.7 Å². The van der Waals surface area contributed by atoms with E-state index in [4.69, 9.17) is 20.4 Å². The Kier molecular flexibility index (Phi) is 7.56. The monoisotopic (exact) mass is 282 g/mol. The predicted octanol–water partition coefficient (Wildman–Crippen LogP) is 0.271. The third-order valence-electron chi connectivity index (χ3n) is 2.86. The minimum atomic E-state index is 0.0130. The molecule has 0 bridgehead atoms. The Balaban J connectivity index is 2.81. The van der Waals surface area contributed by atoms with Crippen molar-refractivity contribution in [3.63, 3.8) is 0 Å². The zero-order chi connectivity index (χ0) is 14.8. The molecule has 0 fully saturated rings. The van der Waals surface area contributed by atoms with Gasteiger partial charge in [0.15, 0.2) is 5.84 Å². The summed E-state index contributed by atoms with van der Waals surface area (Å²) in [6, 6.07) is 3.74. The lowest BCUT2D eigenvalue weighted by molar-refractivity contribution is 0.110. The molecule has 112 valence electrons. The van der Waals surface area contributed by atoms with Crippen LogP contribution in [0.3, 0.4) is 0 Å². The lowest BCUT2D eigenvalue weighted by Crippen LogP contribution is -2.31. The molecule has 0 aliphatic carbocycles. The van der Waals surface area contributed by atoms with Crippen LogP contribution < -0.4 is 5.73 Å². The smallest absolute Gasteiger partial charge is 0.189 e.